The van der Waals surface area contributed by atoms with E-state index in [2.05, 4.69) is 61.3 Å². The summed E-state index contributed by atoms with van der Waals surface area (Å²) < 4.78 is 1.73. The van der Waals surface area contributed by atoms with Gasteiger partial charge >= 0.3 is 0 Å². The topological polar surface area (TPSA) is 59.8 Å². The lowest BCUT2D eigenvalue weighted by Gasteiger charge is -2.20. The summed E-state index contributed by atoms with van der Waals surface area (Å²) in [4.78, 5) is 17.9. The highest BCUT2D eigenvalue weighted by Crippen LogP contribution is 2.33. The number of rotatable bonds is 4. The zero-order valence-electron chi connectivity index (χ0n) is 17.2. The van der Waals surface area contributed by atoms with Crippen molar-refractivity contribution in [1.29, 1.82) is 0 Å². The molecule has 2 aromatic heterocycles. The Morgan fingerprint density at radius 1 is 1.07 bits per heavy atom. The van der Waals surface area contributed by atoms with E-state index in [4.69, 9.17) is 0 Å². The molecule has 0 bridgehead atoms. The molecule has 142 valence electrons. The third-order valence-corrected chi connectivity index (χ3v) is 4.95. The molecule has 0 unspecified atom stereocenters. The fourth-order valence-corrected chi connectivity index (χ4v) is 3.63. The van der Waals surface area contributed by atoms with Crippen LogP contribution in [-0.2, 0) is 7.05 Å². The van der Waals surface area contributed by atoms with Gasteiger partial charge in [-0.1, -0.05) is 45.9 Å². The Hall–Kier alpha value is -2.69. The summed E-state index contributed by atoms with van der Waals surface area (Å²) in [6, 6.07) is 8.10. The number of carbonyl (C=O) groups excluding carboxylic acids is 1. The number of anilines is 1. The number of benzene rings is 1. The van der Waals surface area contributed by atoms with E-state index in [-0.39, 0.29) is 5.91 Å². The molecule has 0 aliphatic heterocycles. The molecule has 0 aliphatic carbocycles. The molecular weight excluding hydrogens is 336 g/mol. The van der Waals surface area contributed by atoms with Gasteiger partial charge in [0, 0.05) is 18.4 Å². The smallest absolute Gasteiger partial charge is 0.256 e. The van der Waals surface area contributed by atoms with Gasteiger partial charge < -0.3 is 5.32 Å². The molecular formula is C22H28N4O. The number of aryl methyl sites for hydroxylation is 3. The number of carbonyl (C=O) groups is 1. The molecule has 0 atom stereocenters. The predicted octanol–water partition coefficient (Wildman–Crippen LogP) is 5.08. The van der Waals surface area contributed by atoms with Gasteiger partial charge in [-0.2, -0.15) is 5.10 Å². The van der Waals surface area contributed by atoms with Gasteiger partial charge in [0.25, 0.3) is 5.91 Å². The van der Waals surface area contributed by atoms with Gasteiger partial charge in [0.15, 0.2) is 5.65 Å². The molecule has 0 spiro atoms. The quantitative estimate of drug-likeness (QED) is 0.702. The molecule has 1 aromatic carbocycles. The molecule has 0 saturated heterocycles. The minimum Gasteiger partial charge on any atom is -0.321 e. The Bertz CT molecular complexity index is 989. The van der Waals surface area contributed by atoms with Gasteiger partial charge in [-0.25, -0.2) is 4.98 Å². The fourth-order valence-electron chi connectivity index (χ4n) is 3.63. The number of hydrogen-bond donors (Lipinski definition) is 1. The summed E-state index contributed by atoms with van der Waals surface area (Å²) in [7, 11) is 1.86. The summed E-state index contributed by atoms with van der Waals surface area (Å²) >= 11 is 0. The van der Waals surface area contributed by atoms with Crippen LogP contribution < -0.4 is 5.32 Å². The van der Waals surface area contributed by atoms with E-state index < -0.39 is 0 Å². The lowest BCUT2D eigenvalue weighted by atomic mass is 9.92. The van der Waals surface area contributed by atoms with Crippen molar-refractivity contribution in [2.75, 3.05) is 5.32 Å². The van der Waals surface area contributed by atoms with Gasteiger partial charge in [-0.05, 0) is 42.9 Å². The Labute approximate surface area is 160 Å². The van der Waals surface area contributed by atoms with Crippen LogP contribution in [0, 0.1) is 13.8 Å². The molecule has 0 fully saturated rings. The first-order chi connectivity index (χ1) is 12.7. The first-order valence-electron chi connectivity index (χ1n) is 9.45. The minimum absolute atomic E-state index is 0.114. The van der Waals surface area contributed by atoms with E-state index in [0.717, 1.165) is 39.2 Å². The van der Waals surface area contributed by atoms with E-state index in [1.54, 1.807) is 4.68 Å². The molecule has 2 heterocycles. The highest BCUT2D eigenvalue weighted by atomic mass is 16.1. The molecule has 0 aliphatic rings. The van der Waals surface area contributed by atoms with Crippen LogP contribution in [0.2, 0.25) is 0 Å². The number of fused-ring (bicyclic) bond motifs is 1. The molecule has 1 amide bonds. The maximum absolute atomic E-state index is 13.3. The molecule has 1 N–H and O–H groups in total. The number of amides is 1. The van der Waals surface area contributed by atoms with Crippen molar-refractivity contribution in [2.45, 2.75) is 53.4 Å². The highest BCUT2D eigenvalue weighted by molar-refractivity contribution is 6.13. The monoisotopic (exact) mass is 364 g/mol. The average Bonchev–Trinajstić information content (AvgIpc) is 2.87. The summed E-state index contributed by atoms with van der Waals surface area (Å²) in [5.74, 6) is 0.522. The summed E-state index contributed by atoms with van der Waals surface area (Å²) in [5, 5.41) is 8.47. The van der Waals surface area contributed by atoms with Crippen molar-refractivity contribution < 1.29 is 4.79 Å². The van der Waals surface area contributed by atoms with Crippen LogP contribution in [0.3, 0.4) is 0 Å². The molecule has 0 saturated carbocycles. The first-order valence-corrected chi connectivity index (χ1v) is 9.45. The van der Waals surface area contributed by atoms with Crippen molar-refractivity contribution in [3.05, 3.63) is 52.3 Å². The largest absolute Gasteiger partial charge is 0.321 e. The highest BCUT2D eigenvalue weighted by Gasteiger charge is 2.21. The number of nitrogens with zero attached hydrogens (tertiary/aromatic N) is 3. The van der Waals surface area contributed by atoms with Crippen molar-refractivity contribution in [3.8, 4) is 0 Å². The lowest BCUT2D eigenvalue weighted by Crippen LogP contribution is -2.17. The van der Waals surface area contributed by atoms with E-state index in [1.165, 1.54) is 0 Å². The van der Waals surface area contributed by atoms with E-state index in [1.807, 2.05) is 27.0 Å². The Morgan fingerprint density at radius 3 is 2.22 bits per heavy atom. The first kappa shape index (κ1) is 19.1. The number of para-hydroxylation sites is 1. The van der Waals surface area contributed by atoms with Gasteiger partial charge in [-0.15, -0.1) is 0 Å². The zero-order chi connectivity index (χ0) is 19.9. The van der Waals surface area contributed by atoms with Crippen molar-refractivity contribution in [1.82, 2.24) is 14.8 Å². The lowest BCUT2D eigenvalue weighted by molar-refractivity contribution is 0.102. The normalized spacial score (nSPS) is 11.6. The van der Waals surface area contributed by atoms with Gasteiger partial charge in [0.2, 0.25) is 0 Å². The Morgan fingerprint density at radius 2 is 1.67 bits per heavy atom. The second-order valence-electron chi connectivity index (χ2n) is 7.79. The third kappa shape index (κ3) is 3.46. The molecule has 27 heavy (non-hydrogen) atoms. The Balaban J connectivity index is 2.14. The summed E-state index contributed by atoms with van der Waals surface area (Å²) in [5.41, 5.74) is 6.20. The van der Waals surface area contributed by atoms with E-state index in [9.17, 15) is 4.79 Å². The van der Waals surface area contributed by atoms with Crippen LogP contribution in [0.1, 0.15) is 72.4 Å². The van der Waals surface area contributed by atoms with Crippen LogP contribution in [-0.4, -0.2) is 20.7 Å². The van der Waals surface area contributed by atoms with Crippen LogP contribution in [0.25, 0.3) is 11.0 Å². The SMILES string of the molecule is Cc1cc(C(=O)Nc2c(C(C)C)cccc2C(C)C)c2c(C)nn(C)c2n1. The molecule has 5 heteroatoms. The second-order valence-corrected chi connectivity index (χ2v) is 7.79. The van der Waals surface area contributed by atoms with Crippen LogP contribution in [0.4, 0.5) is 5.69 Å². The van der Waals surface area contributed by atoms with E-state index >= 15 is 0 Å². The molecule has 3 rings (SSSR count). The number of pyridine rings is 1. The van der Waals surface area contributed by atoms with Crippen molar-refractivity contribution in [2.24, 2.45) is 7.05 Å². The summed E-state index contributed by atoms with van der Waals surface area (Å²) in [6.07, 6.45) is 0. The van der Waals surface area contributed by atoms with Crippen molar-refractivity contribution >= 4 is 22.6 Å². The van der Waals surface area contributed by atoms with E-state index in [0.29, 0.717) is 17.4 Å². The second kappa shape index (κ2) is 7.14. The average molecular weight is 364 g/mol. The zero-order valence-corrected chi connectivity index (χ0v) is 17.2. The Kier molecular flexibility index (Phi) is 5.05. The number of hydrogen-bond acceptors (Lipinski definition) is 3. The van der Waals surface area contributed by atoms with Gasteiger partial charge in [-0.3, -0.25) is 9.48 Å². The van der Waals surface area contributed by atoms with Gasteiger partial charge in [0.1, 0.15) is 0 Å². The van der Waals surface area contributed by atoms with Crippen LogP contribution in [0.5, 0.6) is 0 Å². The number of aromatic nitrogens is 3. The van der Waals surface area contributed by atoms with Crippen LogP contribution >= 0.6 is 0 Å². The minimum atomic E-state index is -0.114. The molecule has 3 aromatic rings. The van der Waals surface area contributed by atoms with Crippen molar-refractivity contribution in [3.63, 3.8) is 0 Å². The maximum atomic E-state index is 13.3. The molecule has 0 radical (unpaired) electrons. The van der Waals surface area contributed by atoms with Gasteiger partial charge in [0.05, 0.1) is 16.6 Å². The standard InChI is InChI=1S/C22H28N4O/c1-12(2)16-9-8-10-17(13(3)4)20(16)24-22(27)18-11-14(5)23-21-19(18)15(6)25-26(21)7/h8-13H,1-7H3,(H,24,27). The van der Waals surface area contributed by atoms with Crippen LogP contribution in [0.15, 0.2) is 24.3 Å². The molecule has 5 nitrogen and oxygen atoms in total. The summed E-state index contributed by atoms with van der Waals surface area (Å²) in [6.45, 7) is 12.4. The fraction of sp³-hybridized carbons (Fsp3) is 0.409. The maximum Gasteiger partial charge on any atom is 0.256 e. The number of nitrogens with one attached hydrogen (secondary N) is 1. The predicted molar refractivity (Wildman–Crippen MR) is 111 cm³/mol. The third-order valence-electron chi connectivity index (χ3n) is 4.95.